The summed E-state index contributed by atoms with van der Waals surface area (Å²) in [5.74, 6) is 0. The second-order valence-electron chi connectivity index (χ2n) is 18.6. The zero-order chi connectivity index (χ0) is 48.3. The van der Waals surface area contributed by atoms with Crippen LogP contribution in [0.4, 0.5) is 0 Å². The van der Waals surface area contributed by atoms with Crippen LogP contribution in [0.5, 0.6) is 0 Å². The van der Waals surface area contributed by atoms with Crippen LogP contribution in [0, 0.1) is 0 Å². The summed E-state index contributed by atoms with van der Waals surface area (Å²) in [5, 5.41) is 0. The first kappa shape index (κ1) is 51.0. The summed E-state index contributed by atoms with van der Waals surface area (Å²) in [4.78, 5) is 36.0. The van der Waals surface area contributed by atoms with Gasteiger partial charge in [-0.05, 0) is 169 Å². The zero-order valence-corrected chi connectivity index (χ0v) is 44.8. The van der Waals surface area contributed by atoms with E-state index < -0.39 is 0 Å². The van der Waals surface area contributed by atoms with Crippen molar-refractivity contribution in [2.75, 3.05) is 0 Å². The SMILES string of the molecule is CCCCCCc1cc(-c2cc(CCCCCC)c(/C=C/C=C/c3c4nc(cc5[nH]c(cc6nc(cc7[nH]c3c(CC)c7CC)C(CC)=C6CC)c(CC)c5CC)C(CC)=C4CC)s2)sc1C=O. The maximum Gasteiger partial charge on any atom is 0.160 e. The Kier molecular flexibility index (Phi) is 18.1. The van der Waals surface area contributed by atoms with Gasteiger partial charge in [0.15, 0.2) is 6.29 Å². The van der Waals surface area contributed by atoms with Crippen molar-refractivity contribution in [1.82, 2.24) is 19.9 Å². The number of nitrogens with one attached hydrogen (secondary N) is 2. The van der Waals surface area contributed by atoms with Crippen molar-refractivity contribution < 1.29 is 4.79 Å². The third kappa shape index (κ3) is 10.6. The lowest BCUT2D eigenvalue weighted by Gasteiger charge is -2.07. The van der Waals surface area contributed by atoms with Crippen molar-refractivity contribution in [2.24, 2.45) is 0 Å². The fraction of sp³-hybridized carbons (Fsp3) is 0.459. The molecule has 5 nitrogen and oxygen atoms in total. The van der Waals surface area contributed by atoms with Gasteiger partial charge in [-0.3, -0.25) is 4.79 Å². The number of fused-ring (bicyclic) bond motifs is 8. The first-order valence-corrected chi connectivity index (χ1v) is 28.2. The van der Waals surface area contributed by atoms with E-state index in [-0.39, 0.29) is 0 Å². The second-order valence-corrected chi connectivity index (χ2v) is 20.7. The van der Waals surface area contributed by atoms with Gasteiger partial charge in [0, 0.05) is 36.7 Å². The Hall–Kier alpha value is -4.85. The first-order chi connectivity index (χ1) is 33.2. The van der Waals surface area contributed by atoms with E-state index in [1.807, 2.05) is 11.3 Å². The molecule has 0 unspecified atom stereocenters. The average molecular weight is 947 g/mol. The fourth-order valence-corrected chi connectivity index (χ4v) is 13.1. The maximum absolute atomic E-state index is 12.3. The molecular formula is C61H78N4OS2. The molecule has 0 amide bonds. The molecule has 0 spiro atoms. The molecule has 7 heteroatoms. The Labute approximate surface area is 416 Å². The van der Waals surface area contributed by atoms with Crippen LogP contribution in [-0.4, -0.2) is 26.2 Å². The molecule has 7 rings (SSSR count). The Bertz CT molecular complexity index is 2880. The third-order valence-corrected chi connectivity index (χ3v) is 16.8. The number of hydrogen-bond acceptors (Lipinski definition) is 5. The largest absolute Gasteiger partial charge is 0.355 e. The lowest BCUT2D eigenvalue weighted by molar-refractivity contribution is 0.112. The van der Waals surface area contributed by atoms with Gasteiger partial charge in [-0.15, -0.1) is 22.7 Å². The molecule has 8 bridgehead atoms. The standard InChI is InChI=1S/C61H78N4OS2/c1-11-21-23-25-29-39-33-57(58-34-40(59(38-66)68-58)30-26-24-22-12-2)67-56(39)32-28-27-31-49-60-47(19-9)45(17-7)54(64-60)36-52-43(15-5)41(13-3)50(62-52)35-51-42(14-4)44(16-6)53(63-51)37-55-46(18-8)48(20-10)61(49)65-55/h27-28,31-38,62,65H,11-26,29-30H2,1-10H3/b31-27+,32-28+,50-35?,51-35?,52-36?,53-37?,54-36?,55-37?,60-49?,61-49?. The highest BCUT2D eigenvalue weighted by molar-refractivity contribution is 7.23. The minimum atomic E-state index is 0.892. The summed E-state index contributed by atoms with van der Waals surface area (Å²) in [6, 6.07) is 11.7. The van der Waals surface area contributed by atoms with Gasteiger partial charge in [0.25, 0.3) is 0 Å². The molecule has 2 aliphatic heterocycles. The highest BCUT2D eigenvalue weighted by atomic mass is 32.1. The molecule has 2 N–H and O–H groups in total. The number of H-pyrrole nitrogens is 2. The molecule has 5 aromatic heterocycles. The molecular weight excluding hydrogens is 869 g/mol. The van der Waals surface area contributed by atoms with Crippen LogP contribution in [0.3, 0.4) is 0 Å². The lowest BCUT2D eigenvalue weighted by atomic mass is 9.96. The molecule has 5 aromatic rings. The lowest BCUT2D eigenvalue weighted by Crippen LogP contribution is -1.92. The van der Waals surface area contributed by atoms with Crippen LogP contribution in [0.1, 0.15) is 223 Å². The summed E-state index contributed by atoms with van der Waals surface area (Å²) in [6.07, 6.45) is 29.4. The van der Waals surface area contributed by atoms with Crippen molar-refractivity contribution in [2.45, 2.75) is 185 Å². The van der Waals surface area contributed by atoms with Crippen molar-refractivity contribution in [1.29, 1.82) is 0 Å². The molecule has 7 heterocycles. The van der Waals surface area contributed by atoms with Crippen molar-refractivity contribution in [3.05, 3.63) is 114 Å². The number of hydrogen-bond donors (Lipinski definition) is 2. The van der Waals surface area contributed by atoms with Gasteiger partial charge in [0.2, 0.25) is 0 Å². The van der Waals surface area contributed by atoms with E-state index in [9.17, 15) is 4.79 Å². The van der Waals surface area contributed by atoms with E-state index in [1.165, 1.54) is 121 Å². The predicted molar refractivity (Wildman–Crippen MR) is 300 cm³/mol. The zero-order valence-electron chi connectivity index (χ0n) is 43.1. The van der Waals surface area contributed by atoms with Gasteiger partial charge in [0.1, 0.15) is 0 Å². The van der Waals surface area contributed by atoms with E-state index >= 15 is 0 Å². The first-order valence-electron chi connectivity index (χ1n) is 26.6. The molecule has 0 saturated heterocycles. The van der Waals surface area contributed by atoms with E-state index in [2.05, 4.69) is 134 Å². The molecule has 0 radical (unpaired) electrons. The third-order valence-electron chi connectivity index (χ3n) is 14.4. The minimum Gasteiger partial charge on any atom is -0.355 e. The summed E-state index contributed by atoms with van der Waals surface area (Å²) >= 11 is 3.53. The smallest absolute Gasteiger partial charge is 0.160 e. The predicted octanol–water partition coefficient (Wildman–Crippen LogP) is 18.6. The van der Waals surface area contributed by atoms with Gasteiger partial charge in [0.05, 0.1) is 33.2 Å². The number of aldehydes is 1. The van der Waals surface area contributed by atoms with E-state index in [1.54, 1.807) is 11.3 Å². The maximum atomic E-state index is 12.3. The van der Waals surface area contributed by atoms with Crippen molar-refractivity contribution in [3.8, 4) is 9.75 Å². The molecule has 0 atom stereocenters. The summed E-state index contributed by atoms with van der Waals surface area (Å²) in [5.41, 5.74) is 23.5. The molecule has 0 aromatic carbocycles. The normalized spacial score (nSPS) is 13.1. The van der Waals surface area contributed by atoms with Gasteiger partial charge in [-0.25, -0.2) is 9.97 Å². The van der Waals surface area contributed by atoms with Crippen molar-refractivity contribution in [3.63, 3.8) is 0 Å². The number of thiophene rings is 2. The molecule has 360 valence electrons. The molecule has 0 saturated carbocycles. The minimum absolute atomic E-state index is 0.892. The quantitative estimate of drug-likeness (QED) is 0.0389. The number of carbonyl (C=O) groups excluding carboxylic acids is 1. The van der Waals surface area contributed by atoms with Gasteiger partial charge in [-0.1, -0.05) is 126 Å². The number of aromatic nitrogens is 4. The monoisotopic (exact) mass is 947 g/mol. The molecule has 68 heavy (non-hydrogen) atoms. The highest BCUT2D eigenvalue weighted by Gasteiger charge is 2.24. The second kappa shape index (κ2) is 24.1. The van der Waals surface area contributed by atoms with Gasteiger partial charge in [-0.2, -0.15) is 0 Å². The summed E-state index contributed by atoms with van der Waals surface area (Å²) in [7, 11) is 0. The topological polar surface area (TPSA) is 74.4 Å². The summed E-state index contributed by atoms with van der Waals surface area (Å²) in [6.45, 7) is 22.8. The Balaban J connectivity index is 1.45. The van der Waals surface area contributed by atoms with Crippen LogP contribution in [0.15, 0.2) is 42.5 Å². The Morgan fingerprint density at radius 2 is 0.926 bits per heavy atom. The van der Waals surface area contributed by atoms with Crippen LogP contribution in [0.2, 0.25) is 0 Å². The van der Waals surface area contributed by atoms with Crippen molar-refractivity contribution >= 4 is 85.5 Å². The van der Waals surface area contributed by atoms with Gasteiger partial charge >= 0.3 is 0 Å². The number of unbranched alkanes of at least 4 members (excludes halogenated alkanes) is 6. The van der Waals surface area contributed by atoms with Gasteiger partial charge < -0.3 is 9.97 Å². The Morgan fingerprint density at radius 3 is 1.43 bits per heavy atom. The van der Waals surface area contributed by atoms with Crippen LogP contribution in [0.25, 0.3) is 66.3 Å². The molecule has 0 aliphatic carbocycles. The number of aromatic amines is 2. The van der Waals surface area contributed by atoms with E-state index in [0.29, 0.717) is 0 Å². The highest BCUT2D eigenvalue weighted by Crippen LogP contribution is 2.42. The van der Waals surface area contributed by atoms with E-state index in [4.69, 9.17) is 9.97 Å². The van der Waals surface area contributed by atoms with Crippen LogP contribution in [-0.2, 0) is 38.5 Å². The van der Waals surface area contributed by atoms with E-state index in [0.717, 1.165) is 127 Å². The summed E-state index contributed by atoms with van der Waals surface area (Å²) < 4.78 is 0. The molecule has 0 fully saturated rings. The number of aryl methyl sites for hydroxylation is 6. The fourth-order valence-electron chi connectivity index (χ4n) is 10.9. The number of carbonyl (C=O) groups is 1. The number of nitrogens with zero attached hydrogens (tertiary/aromatic N) is 2. The van der Waals surface area contributed by atoms with Crippen LogP contribution < -0.4 is 0 Å². The van der Waals surface area contributed by atoms with Crippen LogP contribution >= 0.6 is 22.7 Å². The average Bonchev–Trinajstić information content (AvgIpc) is 4.21. The number of rotatable bonds is 23. The number of allylic oxidation sites excluding steroid dienone is 6. The Morgan fingerprint density at radius 1 is 0.471 bits per heavy atom. The molecule has 2 aliphatic rings.